The van der Waals surface area contributed by atoms with E-state index in [4.69, 9.17) is 18.9 Å². The summed E-state index contributed by atoms with van der Waals surface area (Å²) in [7, 11) is 0. The maximum atomic E-state index is 12.5. The lowest BCUT2D eigenvalue weighted by Gasteiger charge is -2.25. The van der Waals surface area contributed by atoms with Crippen molar-refractivity contribution in [1.29, 1.82) is 0 Å². The number of hydrogen-bond donors (Lipinski definition) is 1. The summed E-state index contributed by atoms with van der Waals surface area (Å²) >= 11 is 1.31. The standard InChI is InChI=1S/C33H30N4O5S/c38-31-30-26(34-20-35-31)27-32(43-30)36-21-37(27)33-29(41-18-24-14-8-3-9-15-24)28(40-17-23-12-6-2-7-13-23)25(42-33)19-39-16-22-10-4-1-5-11-22/h1-15,20-21,25,28-29,33H,16-19H2,(H,34,35,38)/t25-,28-,29-,33-/m1/s1. The third-order valence-corrected chi connectivity index (χ3v) is 8.59. The molecule has 0 bridgehead atoms. The maximum Gasteiger partial charge on any atom is 0.268 e. The molecule has 7 rings (SSSR count). The van der Waals surface area contributed by atoms with Crippen molar-refractivity contribution in [3.8, 4) is 0 Å². The van der Waals surface area contributed by atoms with Gasteiger partial charge < -0.3 is 23.9 Å². The minimum Gasteiger partial charge on any atom is -0.374 e. The van der Waals surface area contributed by atoms with E-state index in [1.165, 1.54) is 17.7 Å². The number of aromatic amines is 1. The minimum atomic E-state index is -0.598. The summed E-state index contributed by atoms with van der Waals surface area (Å²) in [5.41, 5.74) is 4.29. The highest BCUT2D eigenvalue weighted by atomic mass is 32.1. The van der Waals surface area contributed by atoms with E-state index in [0.717, 1.165) is 22.2 Å². The molecule has 0 saturated carbocycles. The third-order valence-electron chi connectivity index (χ3n) is 7.52. The van der Waals surface area contributed by atoms with Crippen LogP contribution in [-0.4, -0.2) is 44.4 Å². The summed E-state index contributed by atoms with van der Waals surface area (Å²) in [6.07, 6.45) is 1.15. The predicted octanol–water partition coefficient (Wildman–Crippen LogP) is 5.62. The van der Waals surface area contributed by atoms with E-state index in [1.54, 1.807) is 6.33 Å². The van der Waals surface area contributed by atoms with E-state index in [2.05, 4.69) is 15.0 Å². The average Bonchev–Trinajstić information content (AvgIpc) is 3.73. The van der Waals surface area contributed by atoms with Gasteiger partial charge in [0.05, 0.1) is 39.1 Å². The van der Waals surface area contributed by atoms with E-state index >= 15 is 0 Å². The Morgan fingerprint density at radius 3 is 2.05 bits per heavy atom. The zero-order chi connectivity index (χ0) is 29.0. The quantitative estimate of drug-likeness (QED) is 0.208. The van der Waals surface area contributed by atoms with Crippen molar-refractivity contribution in [2.45, 2.75) is 44.4 Å². The van der Waals surface area contributed by atoms with Crippen molar-refractivity contribution in [2.24, 2.45) is 0 Å². The molecule has 4 atom stereocenters. The molecule has 1 fully saturated rings. The van der Waals surface area contributed by atoms with Crippen LogP contribution in [0.25, 0.3) is 20.6 Å². The lowest BCUT2D eigenvalue weighted by molar-refractivity contribution is -0.0913. The first-order chi connectivity index (χ1) is 21.2. The molecule has 1 aliphatic rings. The number of nitrogens with one attached hydrogen (secondary N) is 1. The lowest BCUT2D eigenvalue weighted by Crippen LogP contribution is -2.38. The Hall–Kier alpha value is -4.19. The molecule has 6 aromatic rings. The Kier molecular flexibility index (Phi) is 8.09. The van der Waals surface area contributed by atoms with Gasteiger partial charge in [-0.3, -0.25) is 9.36 Å². The van der Waals surface area contributed by atoms with Gasteiger partial charge in [0.1, 0.15) is 38.9 Å². The molecule has 4 heterocycles. The molecule has 43 heavy (non-hydrogen) atoms. The van der Waals surface area contributed by atoms with Crippen molar-refractivity contribution in [1.82, 2.24) is 19.5 Å². The van der Waals surface area contributed by atoms with Crippen molar-refractivity contribution >= 4 is 31.9 Å². The van der Waals surface area contributed by atoms with Gasteiger partial charge in [0.25, 0.3) is 5.56 Å². The van der Waals surface area contributed by atoms with Gasteiger partial charge >= 0.3 is 0 Å². The number of imidazole rings is 1. The molecule has 0 aliphatic carbocycles. The van der Waals surface area contributed by atoms with Crippen LogP contribution in [0.4, 0.5) is 0 Å². The molecule has 1 saturated heterocycles. The van der Waals surface area contributed by atoms with Gasteiger partial charge in [-0.15, -0.1) is 11.3 Å². The molecule has 0 unspecified atom stereocenters. The fourth-order valence-corrected chi connectivity index (χ4v) is 6.42. The number of ether oxygens (including phenoxy) is 4. The molecular formula is C33H30N4O5S. The number of hydrogen-bond acceptors (Lipinski definition) is 8. The van der Waals surface area contributed by atoms with Crippen LogP contribution in [0.15, 0.2) is 108 Å². The lowest BCUT2D eigenvalue weighted by atomic mass is 10.1. The van der Waals surface area contributed by atoms with Gasteiger partial charge in [0, 0.05) is 0 Å². The summed E-state index contributed by atoms with van der Waals surface area (Å²) < 4.78 is 28.6. The van der Waals surface area contributed by atoms with Gasteiger partial charge in [-0.25, -0.2) is 9.97 Å². The van der Waals surface area contributed by atoms with Crippen molar-refractivity contribution < 1.29 is 18.9 Å². The zero-order valence-corrected chi connectivity index (χ0v) is 24.1. The van der Waals surface area contributed by atoms with Gasteiger partial charge in [-0.1, -0.05) is 91.0 Å². The van der Waals surface area contributed by atoms with Crippen LogP contribution >= 0.6 is 11.3 Å². The third kappa shape index (κ3) is 5.88. The molecule has 3 aromatic heterocycles. The number of fused-ring (bicyclic) bond motifs is 3. The smallest absolute Gasteiger partial charge is 0.268 e. The first kappa shape index (κ1) is 27.6. The van der Waals surface area contributed by atoms with Crippen LogP contribution in [0.2, 0.25) is 0 Å². The second-order valence-electron chi connectivity index (χ2n) is 10.4. The second kappa shape index (κ2) is 12.6. The van der Waals surface area contributed by atoms with Crippen molar-refractivity contribution in [3.63, 3.8) is 0 Å². The van der Waals surface area contributed by atoms with Gasteiger partial charge in [-0.05, 0) is 16.7 Å². The first-order valence-electron chi connectivity index (χ1n) is 14.2. The van der Waals surface area contributed by atoms with Crippen LogP contribution in [0.5, 0.6) is 0 Å². The van der Waals surface area contributed by atoms with Crippen LogP contribution in [-0.2, 0) is 38.8 Å². The fraction of sp³-hybridized carbons (Fsp3) is 0.242. The van der Waals surface area contributed by atoms with Crippen LogP contribution in [0.1, 0.15) is 22.9 Å². The predicted molar refractivity (Wildman–Crippen MR) is 164 cm³/mol. The zero-order valence-electron chi connectivity index (χ0n) is 23.2. The van der Waals surface area contributed by atoms with E-state index < -0.39 is 24.5 Å². The largest absolute Gasteiger partial charge is 0.374 e. The number of nitrogens with zero attached hydrogens (tertiary/aromatic N) is 3. The Morgan fingerprint density at radius 1 is 0.791 bits per heavy atom. The molecule has 1 aliphatic heterocycles. The highest BCUT2D eigenvalue weighted by Gasteiger charge is 2.48. The highest BCUT2D eigenvalue weighted by Crippen LogP contribution is 2.39. The summed E-state index contributed by atoms with van der Waals surface area (Å²) in [4.78, 5) is 25.0. The van der Waals surface area contributed by atoms with Crippen LogP contribution < -0.4 is 5.56 Å². The second-order valence-corrected chi connectivity index (χ2v) is 11.4. The summed E-state index contributed by atoms with van der Waals surface area (Å²) in [6, 6.07) is 30.1. The SMILES string of the molecule is O=c1[nH]cnc2c1sc1ncn([C@@H]3O[C@H](COCc4ccccc4)[C@@H](OCc4ccccc4)[C@H]3OCc3ccccc3)c12. The summed E-state index contributed by atoms with van der Waals surface area (Å²) in [5, 5.41) is 0. The summed E-state index contributed by atoms with van der Waals surface area (Å²) in [5.74, 6) is 0. The van der Waals surface area contributed by atoms with E-state index in [0.29, 0.717) is 41.5 Å². The van der Waals surface area contributed by atoms with E-state index in [1.807, 2.05) is 95.6 Å². The summed E-state index contributed by atoms with van der Waals surface area (Å²) in [6.45, 7) is 1.51. The Morgan fingerprint density at radius 2 is 1.40 bits per heavy atom. The topological polar surface area (TPSA) is 100 Å². The highest BCUT2D eigenvalue weighted by molar-refractivity contribution is 7.25. The normalized spacial score (nSPS) is 20.3. The van der Waals surface area contributed by atoms with Crippen molar-refractivity contribution in [3.05, 3.63) is 131 Å². The monoisotopic (exact) mass is 594 g/mol. The number of aromatic nitrogens is 4. The molecule has 0 spiro atoms. The van der Waals surface area contributed by atoms with Gasteiger partial charge in [0.2, 0.25) is 0 Å². The van der Waals surface area contributed by atoms with Crippen LogP contribution in [0, 0.1) is 0 Å². The molecule has 1 N–H and O–H groups in total. The molecule has 10 heteroatoms. The van der Waals surface area contributed by atoms with Gasteiger partial charge in [-0.2, -0.15) is 0 Å². The molecule has 9 nitrogen and oxygen atoms in total. The van der Waals surface area contributed by atoms with E-state index in [9.17, 15) is 4.79 Å². The maximum absolute atomic E-state index is 12.5. The average molecular weight is 595 g/mol. The first-order valence-corrected chi connectivity index (χ1v) is 15.0. The number of H-pyrrole nitrogens is 1. The Bertz CT molecular complexity index is 1840. The molecular weight excluding hydrogens is 564 g/mol. The molecule has 218 valence electrons. The number of thiophene rings is 1. The number of benzene rings is 3. The molecule has 0 amide bonds. The van der Waals surface area contributed by atoms with Crippen molar-refractivity contribution in [2.75, 3.05) is 6.61 Å². The Balaban J connectivity index is 1.23. The molecule has 3 aromatic carbocycles. The minimum absolute atomic E-state index is 0.194. The number of rotatable bonds is 11. The Labute approximate surface area is 251 Å². The van der Waals surface area contributed by atoms with Gasteiger partial charge in [0.15, 0.2) is 6.23 Å². The van der Waals surface area contributed by atoms with Crippen LogP contribution in [0.3, 0.4) is 0 Å². The van der Waals surface area contributed by atoms with E-state index in [-0.39, 0.29) is 5.56 Å². The fourth-order valence-electron chi connectivity index (χ4n) is 5.43. The molecule has 0 radical (unpaired) electrons.